The maximum atomic E-state index is 10.1. The van der Waals surface area contributed by atoms with Gasteiger partial charge in [-0.05, 0) is 17.5 Å². The van der Waals surface area contributed by atoms with Gasteiger partial charge in [0, 0.05) is 12.8 Å². The summed E-state index contributed by atoms with van der Waals surface area (Å²) in [5.74, 6) is 0. The van der Waals surface area contributed by atoms with E-state index in [1.54, 1.807) is 24.3 Å². The summed E-state index contributed by atoms with van der Waals surface area (Å²) in [5.41, 5.74) is 1.48. The molecule has 4 heteroatoms. The highest BCUT2D eigenvalue weighted by molar-refractivity contribution is 5.18. The Balaban J connectivity index is 1.79. The summed E-state index contributed by atoms with van der Waals surface area (Å²) in [5, 5.41) is 40.2. The van der Waals surface area contributed by atoms with Crippen molar-refractivity contribution >= 4 is 0 Å². The lowest BCUT2D eigenvalue weighted by molar-refractivity contribution is 0.0181. The van der Waals surface area contributed by atoms with E-state index in [2.05, 4.69) is 0 Å². The molecule has 4 N–H and O–H groups in total. The Hall–Kier alpha value is -1.72. The Morgan fingerprint density at radius 1 is 0.522 bits per heavy atom. The fraction of sp³-hybridized carbons (Fsp3) is 0.368. The molecule has 0 saturated carbocycles. The average molecular weight is 316 g/mol. The van der Waals surface area contributed by atoms with Gasteiger partial charge in [-0.25, -0.2) is 0 Å². The number of hydrogen-bond acceptors (Lipinski definition) is 4. The minimum absolute atomic E-state index is 0.119. The first-order valence-electron chi connectivity index (χ1n) is 7.88. The van der Waals surface area contributed by atoms with Gasteiger partial charge in [-0.1, -0.05) is 60.7 Å². The lowest BCUT2D eigenvalue weighted by Gasteiger charge is -2.21. The maximum absolute atomic E-state index is 10.1. The molecule has 0 fully saturated rings. The monoisotopic (exact) mass is 316 g/mol. The summed E-state index contributed by atoms with van der Waals surface area (Å²) in [4.78, 5) is 0. The van der Waals surface area contributed by atoms with Crippen LogP contribution < -0.4 is 0 Å². The highest BCUT2D eigenvalue weighted by atomic mass is 16.3. The molecule has 23 heavy (non-hydrogen) atoms. The van der Waals surface area contributed by atoms with Crippen LogP contribution in [0, 0.1) is 0 Å². The van der Waals surface area contributed by atoms with Crippen LogP contribution in [0.1, 0.15) is 42.6 Å². The summed E-state index contributed by atoms with van der Waals surface area (Å²) in [6.45, 7) is 0. The van der Waals surface area contributed by atoms with Gasteiger partial charge in [0.1, 0.15) is 0 Å². The molecule has 0 radical (unpaired) electrons. The molecule has 0 aromatic heterocycles. The van der Waals surface area contributed by atoms with Gasteiger partial charge in [0.2, 0.25) is 0 Å². The van der Waals surface area contributed by atoms with E-state index in [1.807, 2.05) is 36.4 Å². The molecule has 0 bridgehead atoms. The van der Waals surface area contributed by atoms with Gasteiger partial charge >= 0.3 is 0 Å². The van der Waals surface area contributed by atoms with Crippen molar-refractivity contribution in [3.8, 4) is 0 Å². The summed E-state index contributed by atoms with van der Waals surface area (Å²) in [6.07, 6.45) is -2.76. The second-order valence-electron chi connectivity index (χ2n) is 5.87. The third-order valence-electron chi connectivity index (χ3n) is 3.90. The van der Waals surface area contributed by atoms with E-state index in [1.165, 1.54) is 0 Å². The molecular weight excluding hydrogens is 292 g/mol. The Bertz CT molecular complexity index is 507. The van der Waals surface area contributed by atoms with Gasteiger partial charge in [0.05, 0.1) is 24.4 Å². The minimum Gasteiger partial charge on any atom is -0.393 e. The first-order valence-corrected chi connectivity index (χ1v) is 7.88. The first-order chi connectivity index (χ1) is 11.1. The molecule has 0 aliphatic carbocycles. The highest BCUT2D eigenvalue weighted by Gasteiger charge is 2.20. The van der Waals surface area contributed by atoms with Crippen molar-refractivity contribution in [1.29, 1.82) is 0 Å². The molecule has 2 aromatic rings. The number of hydrogen-bond donors (Lipinski definition) is 4. The molecule has 124 valence electrons. The van der Waals surface area contributed by atoms with Gasteiger partial charge in [-0.2, -0.15) is 0 Å². The minimum atomic E-state index is -0.830. The number of aliphatic hydroxyl groups is 4. The zero-order valence-electron chi connectivity index (χ0n) is 13.0. The van der Waals surface area contributed by atoms with Crippen LogP contribution in [0.5, 0.6) is 0 Å². The Kier molecular flexibility index (Phi) is 6.74. The molecule has 0 aliphatic rings. The molecule has 2 rings (SSSR count). The number of rotatable bonds is 8. The molecule has 0 aliphatic heterocycles. The molecule has 0 amide bonds. The van der Waals surface area contributed by atoms with Crippen molar-refractivity contribution < 1.29 is 20.4 Å². The Labute approximate surface area is 136 Å². The van der Waals surface area contributed by atoms with Crippen LogP contribution in [0.3, 0.4) is 0 Å². The van der Waals surface area contributed by atoms with Crippen LogP contribution in [-0.2, 0) is 0 Å². The van der Waals surface area contributed by atoms with Crippen LogP contribution in [0.15, 0.2) is 60.7 Å². The topological polar surface area (TPSA) is 80.9 Å². The van der Waals surface area contributed by atoms with E-state index in [-0.39, 0.29) is 19.3 Å². The van der Waals surface area contributed by atoms with Gasteiger partial charge in [-0.15, -0.1) is 0 Å². The zero-order valence-corrected chi connectivity index (χ0v) is 13.0. The first kappa shape index (κ1) is 17.6. The third kappa shape index (κ3) is 5.77. The van der Waals surface area contributed by atoms with Gasteiger partial charge in [-0.3, -0.25) is 0 Å². The van der Waals surface area contributed by atoms with Crippen molar-refractivity contribution in [3.63, 3.8) is 0 Å². The average Bonchev–Trinajstić information content (AvgIpc) is 2.56. The quantitative estimate of drug-likeness (QED) is 0.602. The second kappa shape index (κ2) is 8.79. The lowest BCUT2D eigenvalue weighted by atomic mass is 9.96. The third-order valence-corrected chi connectivity index (χ3v) is 3.90. The molecular formula is C19H24O4. The second-order valence-corrected chi connectivity index (χ2v) is 5.87. The van der Waals surface area contributed by atoms with Crippen molar-refractivity contribution in [2.45, 2.75) is 43.7 Å². The van der Waals surface area contributed by atoms with Crippen LogP contribution in [-0.4, -0.2) is 32.6 Å². The maximum Gasteiger partial charge on any atom is 0.0814 e. The van der Waals surface area contributed by atoms with Gasteiger partial charge < -0.3 is 20.4 Å². The van der Waals surface area contributed by atoms with E-state index < -0.39 is 24.4 Å². The summed E-state index contributed by atoms with van der Waals surface area (Å²) in [6, 6.07) is 18.2. The Morgan fingerprint density at radius 3 is 1.22 bits per heavy atom. The summed E-state index contributed by atoms with van der Waals surface area (Å²) < 4.78 is 0. The van der Waals surface area contributed by atoms with Crippen LogP contribution >= 0.6 is 0 Å². The van der Waals surface area contributed by atoms with E-state index in [9.17, 15) is 20.4 Å². The van der Waals surface area contributed by atoms with Gasteiger partial charge in [0.15, 0.2) is 0 Å². The fourth-order valence-corrected chi connectivity index (χ4v) is 2.64. The predicted molar refractivity (Wildman–Crippen MR) is 88.7 cm³/mol. The zero-order chi connectivity index (χ0) is 16.7. The predicted octanol–water partition coefficient (Wildman–Crippen LogP) is 2.35. The molecule has 0 saturated heterocycles. The summed E-state index contributed by atoms with van der Waals surface area (Å²) in [7, 11) is 0. The van der Waals surface area contributed by atoms with E-state index >= 15 is 0 Å². The molecule has 2 aromatic carbocycles. The number of benzene rings is 2. The van der Waals surface area contributed by atoms with Crippen LogP contribution in [0.25, 0.3) is 0 Å². The van der Waals surface area contributed by atoms with Crippen molar-refractivity contribution in [1.82, 2.24) is 0 Å². The van der Waals surface area contributed by atoms with Crippen molar-refractivity contribution in [3.05, 3.63) is 71.8 Å². The van der Waals surface area contributed by atoms with E-state index in [4.69, 9.17) is 0 Å². The molecule has 4 atom stereocenters. The number of aliphatic hydroxyl groups excluding tert-OH is 4. The fourth-order valence-electron chi connectivity index (χ4n) is 2.64. The van der Waals surface area contributed by atoms with Gasteiger partial charge in [0.25, 0.3) is 0 Å². The highest BCUT2D eigenvalue weighted by Crippen LogP contribution is 2.23. The lowest BCUT2D eigenvalue weighted by Crippen LogP contribution is -2.22. The van der Waals surface area contributed by atoms with Crippen molar-refractivity contribution in [2.24, 2.45) is 0 Å². The van der Waals surface area contributed by atoms with Crippen molar-refractivity contribution in [2.75, 3.05) is 0 Å². The Morgan fingerprint density at radius 2 is 0.870 bits per heavy atom. The van der Waals surface area contributed by atoms with Crippen LogP contribution in [0.2, 0.25) is 0 Å². The standard InChI is InChI=1S/C19H24O4/c20-16(12-18(22)14-7-3-1-4-8-14)11-17(21)13-19(23)15-9-5-2-6-10-15/h1-10,16-23H,11-13H2. The molecule has 0 spiro atoms. The normalized spacial score (nSPS) is 16.5. The van der Waals surface area contributed by atoms with E-state index in [0.717, 1.165) is 11.1 Å². The SMILES string of the molecule is OC(CC(O)CC(O)c1ccccc1)CC(O)c1ccccc1. The molecule has 0 heterocycles. The molecule has 4 unspecified atom stereocenters. The van der Waals surface area contributed by atoms with Crippen LogP contribution in [0.4, 0.5) is 0 Å². The largest absolute Gasteiger partial charge is 0.393 e. The molecule has 4 nitrogen and oxygen atoms in total. The smallest absolute Gasteiger partial charge is 0.0814 e. The summed E-state index contributed by atoms with van der Waals surface area (Å²) >= 11 is 0. The van der Waals surface area contributed by atoms with E-state index in [0.29, 0.717) is 0 Å².